The summed E-state index contributed by atoms with van der Waals surface area (Å²) in [6.07, 6.45) is 1.83. The fraction of sp³-hybridized carbons (Fsp3) is 0.286. The van der Waals surface area contributed by atoms with Gasteiger partial charge in [-0.25, -0.2) is 9.59 Å². The molecule has 5 heteroatoms. The number of cyclic esters (lactones) is 1. The Morgan fingerprint density at radius 2 is 2.21 bits per heavy atom. The van der Waals surface area contributed by atoms with Crippen LogP contribution in [0, 0.1) is 0 Å². The Bertz CT molecular complexity index is 495. The summed E-state index contributed by atoms with van der Waals surface area (Å²) < 4.78 is 9.53. The third-order valence-corrected chi connectivity index (χ3v) is 2.78. The van der Waals surface area contributed by atoms with Gasteiger partial charge in [-0.15, -0.1) is 0 Å². The second-order valence-electron chi connectivity index (χ2n) is 4.21. The van der Waals surface area contributed by atoms with Crippen LogP contribution in [0.1, 0.15) is 5.56 Å². The molecule has 1 heterocycles. The predicted octanol–water partition coefficient (Wildman–Crippen LogP) is 0.801. The highest BCUT2D eigenvalue weighted by Gasteiger charge is 2.24. The van der Waals surface area contributed by atoms with E-state index in [4.69, 9.17) is 4.74 Å². The van der Waals surface area contributed by atoms with Crippen LogP contribution >= 0.6 is 0 Å². The van der Waals surface area contributed by atoms with Gasteiger partial charge in [-0.2, -0.15) is 0 Å². The lowest BCUT2D eigenvalue weighted by Crippen LogP contribution is -2.44. The van der Waals surface area contributed by atoms with Crippen LogP contribution in [0.15, 0.2) is 42.1 Å². The zero-order chi connectivity index (χ0) is 13.7. The van der Waals surface area contributed by atoms with E-state index < -0.39 is 11.9 Å². The van der Waals surface area contributed by atoms with E-state index in [9.17, 15) is 9.59 Å². The molecular formula is C14H15NO4. The molecule has 1 aliphatic heterocycles. The van der Waals surface area contributed by atoms with Crippen LogP contribution < -0.4 is 5.32 Å². The van der Waals surface area contributed by atoms with Crippen LogP contribution in [0.25, 0.3) is 0 Å². The third-order valence-electron chi connectivity index (χ3n) is 2.78. The van der Waals surface area contributed by atoms with Gasteiger partial charge >= 0.3 is 11.9 Å². The molecule has 0 aromatic heterocycles. The standard InChI is InChI=1S/C14H15NO4/c1-18-13(16)8-12-14(17)19-9-11(15-12)7-10-5-3-2-4-6-10/h2-6,8,11,15H,7,9H2,1H3. The van der Waals surface area contributed by atoms with Gasteiger partial charge in [0.05, 0.1) is 19.2 Å². The average Bonchev–Trinajstić information content (AvgIpc) is 2.43. The molecular weight excluding hydrogens is 246 g/mol. The first-order chi connectivity index (χ1) is 9.19. The number of methoxy groups -OCH3 is 1. The lowest BCUT2D eigenvalue weighted by Gasteiger charge is -2.26. The maximum atomic E-state index is 11.5. The van der Waals surface area contributed by atoms with Gasteiger partial charge in [-0.3, -0.25) is 0 Å². The number of rotatable bonds is 3. The zero-order valence-electron chi connectivity index (χ0n) is 10.6. The lowest BCUT2D eigenvalue weighted by molar-refractivity contribution is -0.144. The summed E-state index contributed by atoms with van der Waals surface area (Å²) in [6, 6.07) is 9.81. The fourth-order valence-electron chi connectivity index (χ4n) is 1.86. The number of benzene rings is 1. The Kier molecular flexibility index (Phi) is 4.18. The van der Waals surface area contributed by atoms with Crippen LogP contribution in [0.3, 0.4) is 0 Å². The quantitative estimate of drug-likeness (QED) is 0.644. The minimum Gasteiger partial charge on any atom is -0.466 e. The molecule has 1 unspecified atom stereocenters. The van der Waals surface area contributed by atoms with E-state index in [0.29, 0.717) is 6.42 Å². The number of nitrogens with one attached hydrogen (secondary N) is 1. The van der Waals surface area contributed by atoms with Crippen molar-refractivity contribution in [3.05, 3.63) is 47.7 Å². The van der Waals surface area contributed by atoms with Crippen LogP contribution in [-0.4, -0.2) is 31.7 Å². The number of carbonyl (C=O) groups excluding carboxylic acids is 2. The van der Waals surface area contributed by atoms with Crippen molar-refractivity contribution < 1.29 is 19.1 Å². The Morgan fingerprint density at radius 3 is 2.89 bits per heavy atom. The van der Waals surface area contributed by atoms with Crippen LogP contribution in [-0.2, 0) is 25.5 Å². The van der Waals surface area contributed by atoms with Crippen molar-refractivity contribution in [2.45, 2.75) is 12.5 Å². The second-order valence-corrected chi connectivity index (χ2v) is 4.21. The van der Waals surface area contributed by atoms with E-state index in [1.165, 1.54) is 7.11 Å². The van der Waals surface area contributed by atoms with Gasteiger partial charge in [0.1, 0.15) is 12.3 Å². The molecule has 1 atom stereocenters. The summed E-state index contributed by atoms with van der Waals surface area (Å²) in [7, 11) is 1.26. The molecule has 0 radical (unpaired) electrons. The first-order valence-electron chi connectivity index (χ1n) is 5.96. The maximum Gasteiger partial charge on any atom is 0.354 e. The van der Waals surface area contributed by atoms with E-state index >= 15 is 0 Å². The van der Waals surface area contributed by atoms with E-state index in [1.54, 1.807) is 0 Å². The molecule has 0 amide bonds. The number of hydrogen-bond acceptors (Lipinski definition) is 5. The van der Waals surface area contributed by atoms with Crippen molar-refractivity contribution in [1.29, 1.82) is 0 Å². The molecule has 1 aromatic carbocycles. The summed E-state index contributed by atoms with van der Waals surface area (Å²) in [6.45, 7) is 0.284. The molecule has 0 spiro atoms. The van der Waals surface area contributed by atoms with Crippen LogP contribution in [0.2, 0.25) is 0 Å². The van der Waals surface area contributed by atoms with E-state index in [1.807, 2.05) is 30.3 Å². The fourth-order valence-corrected chi connectivity index (χ4v) is 1.86. The normalized spacial score (nSPS) is 20.6. The van der Waals surface area contributed by atoms with Crippen molar-refractivity contribution in [3.63, 3.8) is 0 Å². The van der Waals surface area contributed by atoms with Crippen molar-refractivity contribution in [2.75, 3.05) is 13.7 Å². The highest BCUT2D eigenvalue weighted by Crippen LogP contribution is 2.10. The Hall–Kier alpha value is -2.30. The predicted molar refractivity (Wildman–Crippen MR) is 68.1 cm³/mol. The largest absolute Gasteiger partial charge is 0.466 e. The van der Waals surface area contributed by atoms with Gasteiger partial charge in [0, 0.05) is 0 Å². The second kappa shape index (κ2) is 6.04. The summed E-state index contributed by atoms with van der Waals surface area (Å²) in [5, 5.41) is 3.00. The maximum absolute atomic E-state index is 11.5. The monoisotopic (exact) mass is 261 g/mol. The number of esters is 2. The third kappa shape index (κ3) is 3.58. The van der Waals surface area contributed by atoms with Gasteiger partial charge < -0.3 is 14.8 Å². The van der Waals surface area contributed by atoms with Crippen molar-refractivity contribution in [3.8, 4) is 0 Å². The molecule has 19 heavy (non-hydrogen) atoms. The van der Waals surface area contributed by atoms with Crippen molar-refractivity contribution >= 4 is 11.9 Å². The topological polar surface area (TPSA) is 64.6 Å². The molecule has 5 nitrogen and oxygen atoms in total. The van der Waals surface area contributed by atoms with Gasteiger partial charge in [0.2, 0.25) is 0 Å². The highest BCUT2D eigenvalue weighted by atomic mass is 16.5. The summed E-state index contributed by atoms with van der Waals surface area (Å²) >= 11 is 0. The number of carbonyl (C=O) groups is 2. The minimum atomic E-state index is -0.584. The SMILES string of the molecule is COC(=O)C=C1NC(Cc2ccccc2)COC1=O. The first kappa shape index (κ1) is 13.1. The molecule has 1 fully saturated rings. The Labute approximate surface area is 111 Å². The molecule has 0 aliphatic carbocycles. The molecule has 0 bridgehead atoms. The van der Waals surface area contributed by atoms with Crippen molar-refractivity contribution in [2.24, 2.45) is 0 Å². The van der Waals surface area contributed by atoms with E-state index in [-0.39, 0.29) is 18.3 Å². The lowest BCUT2D eigenvalue weighted by atomic mass is 10.1. The smallest absolute Gasteiger partial charge is 0.354 e. The molecule has 1 saturated heterocycles. The minimum absolute atomic E-state index is 0.0454. The average molecular weight is 261 g/mol. The van der Waals surface area contributed by atoms with Gasteiger partial charge in [-0.1, -0.05) is 30.3 Å². The Balaban J connectivity index is 2.03. The molecule has 1 aromatic rings. The zero-order valence-corrected chi connectivity index (χ0v) is 10.6. The van der Waals surface area contributed by atoms with Gasteiger partial charge in [0.25, 0.3) is 0 Å². The van der Waals surface area contributed by atoms with Crippen LogP contribution in [0.4, 0.5) is 0 Å². The molecule has 100 valence electrons. The highest BCUT2D eigenvalue weighted by molar-refractivity contribution is 5.96. The summed E-state index contributed by atoms with van der Waals surface area (Å²) in [5.41, 5.74) is 1.27. The molecule has 1 aliphatic rings. The van der Waals surface area contributed by atoms with E-state index in [0.717, 1.165) is 11.6 Å². The van der Waals surface area contributed by atoms with Gasteiger partial charge in [-0.05, 0) is 12.0 Å². The van der Waals surface area contributed by atoms with Crippen molar-refractivity contribution in [1.82, 2.24) is 5.32 Å². The molecule has 1 N–H and O–H groups in total. The van der Waals surface area contributed by atoms with Crippen LogP contribution in [0.5, 0.6) is 0 Å². The van der Waals surface area contributed by atoms with Gasteiger partial charge in [0.15, 0.2) is 0 Å². The number of ether oxygens (including phenoxy) is 2. The number of hydrogen-bond donors (Lipinski definition) is 1. The Morgan fingerprint density at radius 1 is 1.47 bits per heavy atom. The summed E-state index contributed by atoms with van der Waals surface area (Å²) in [5.74, 6) is -1.12. The molecule has 2 rings (SSSR count). The number of morpholine rings is 1. The molecule has 0 saturated carbocycles. The summed E-state index contributed by atoms with van der Waals surface area (Å²) in [4.78, 5) is 22.6. The first-order valence-corrected chi connectivity index (χ1v) is 5.96. The van der Waals surface area contributed by atoms with E-state index in [2.05, 4.69) is 10.1 Å².